The molecule has 0 aliphatic carbocycles. The van der Waals surface area contributed by atoms with Gasteiger partial charge in [-0.05, 0) is 26.0 Å². The van der Waals surface area contributed by atoms with Gasteiger partial charge in [0.2, 0.25) is 0 Å². The summed E-state index contributed by atoms with van der Waals surface area (Å²) in [7, 11) is 0. The van der Waals surface area contributed by atoms with Gasteiger partial charge in [0.25, 0.3) is 5.91 Å². The van der Waals surface area contributed by atoms with Crippen LogP contribution in [0.3, 0.4) is 0 Å². The minimum Gasteiger partial charge on any atom is -0.324 e. The molecule has 0 bridgehead atoms. The second-order valence-corrected chi connectivity index (χ2v) is 3.94. The van der Waals surface area contributed by atoms with Crippen molar-refractivity contribution in [3.8, 4) is 0 Å². The first-order valence-electron chi connectivity index (χ1n) is 5.69. The van der Waals surface area contributed by atoms with Crippen molar-refractivity contribution in [3.63, 3.8) is 0 Å². The zero-order valence-electron chi connectivity index (χ0n) is 10.4. The molecule has 5 nitrogen and oxygen atoms in total. The van der Waals surface area contributed by atoms with E-state index in [1.165, 1.54) is 0 Å². The van der Waals surface area contributed by atoms with Gasteiger partial charge in [0.15, 0.2) is 0 Å². The van der Waals surface area contributed by atoms with Gasteiger partial charge in [-0.15, -0.1) is 0 Å². The fraction of sp³-hybridized carbons (Fsp3) is 0.333. The molecule has 6 heteroatoms. The first-order chi connectivity index (χ1) is 8.60. The predicted molar refractivity (Wildman–Crippen MR) is 70.4 cm³/mol. The lowest BCUT2D eigenvalue weighted by molar-refractivity contribution is 0.0930. The van der Waals surface area contributed by atoms with Gasteiger partial charge in [-0.2, -0.15) is 0 Å². The minimum absolute atomic E-state index is 0.319. The highest BCUT2D eigenvalue weighted by Gasteiger charge is 2.12. The van der Waals surface area contributed by atoms with Crippen LogP contribution in [0.25, 0.3) is 0 Å². The number of hydrazine groups is 1. The van der Waals surface area contributed by atoms with Crippen molar-refractivity contribution in [2.45, 2.75) is 13.8 Å². The number of rotatable bonds is 3. The molecule has 2 N–H and O–H groups in total. The molecule has 0 saturated carbocycles. The Morgan fingerprint density at radius 3 is 2.33 bits per heavy atom. The first kappa shape index (κ1) is 14.3. The molecule has 0 saturated heterocycles. The number of nitrogens with zero attached hydrogens (tertiary/aromatic N) is 1. The van der Waals surface area contributed by atoms with Crippen molar-refractivity contribution in [2.75, 3.05) is 13.1 Å². The zero-order valence-corrected chi connectivity index (χ0v) is 11.1. The van der Waals surface area contributed by atoms with E-state index in [-0.39, 0.29) is 6.03 Å². The summed E-state index contributed by atoms with van der Waals surface area (Å²) in [6.45, 7) is 4.87. The van der Waals surface area contributed by atoms with Crippen LogP contribution in [-0.2, 0) is 0 Å². The van der Waals surface area contributed by atoms with Gasteiger partial charge in [-0.3, -0.25) is 10.2 Å². The van der Waals surface area contributed by atoms with Crippen LogP contribution in [0.2, 0.25) is 5.02 Å². The van der Waals surface area contributed by atoms with Gasteiger partial charge in [0.1, 0.15) is 0 Å². The minimum atomic E-state index is -0.443. The highest BCUT2D eigenvalue weighted by atomic mass is 35.5. The Bertz CT molecular complexity index is 433. The molecular formula is C12H16ClN3O2. The van der Waals surface area contributed by atoms with Crippen LogP contribution in [0.1, 0.15) is 24.2 Å². The van der Waals surface area contributed by atoms with Gasteiger partial charge < -0.3 is 4.90 Å². The number of hydrogen-bond donors (Lipinski definition) is 2. The number of urea groups is 1. The highest BCUT2D eigenvalue weighted by Crippen LogP contribution is 2.13. The zero-order chi connectivity index (χ0) is 13.5. The summed E-state index contributed by atoms with van der Waals surface area (Å²) in [6.07, 6.45) is 0. The molecule has 0 aliphatic heterocycles. The van der Waals surface area contributed by atoms with Crippen LogP contribution in [0.15, 0.2) is 24.3 Å². The number of nitrogens with one attached hydrogen (secondary N) is 2. The van der Waals surface area contributed by atoms with E-state index in [0.29, 0.717) is 23.7 Å². The molecule has 0 unspecified atom stereocenters. The summed E-state index contributed by atoms with van der Waals surface area (Å²) >= 11 is 5.87. The van der Waals surface area contributed by atoms with Gasteiger partial charge in [-0.25, -0.2) is 10.2 Å². The third-order valence-corrected chi connectivity index (χ3v) is 2.78. The highest BCUT2D eigenvalue weighted by molar-refractivity contribution is 6.33. The SMILES string of the molecule is CCN(CC)C(=O)NNC(=O)c1ccccc1Cl. The molecule has 0 heterocycles. The monoisotopic (exact) mass is 269 g/mol. The fourth-order valence-electron chi connectivity index (χ4n) is 1.41. The van der Waals surface area contributed by atoms with E-state index in [1.54, 1.807) is 29.2 Å². The first-order valence-corrected chi connectivity index (χ1v) is 6.07. The van der Waals surface area contributed by atoms with Crippen molar-refractivity contribution in [2.24, 2.45) is 0 Å². The molecule has 1 rings (SSSR count). The van der Waals surface area contributed by atoms with Crippen LogP contribution >= 0.6 is 11.6 Å². The van der Waals surface area contributed by atoms with E-state index >= 15 is 0 Å². The summed E-state index contributed by atoms with van der Waals surface area (Å²) in [5, 5.41) is 0.340. The number of amides is 3. The lowest BCUT2D eigenvalue weighted by Gasteiger charge is -2.19. The fourth-order valence-corrected chi connectivity index (χ4v) is 1.63. The summed E-state index contributed by atoms with van der Waals surface area (Å²) in [6, 6.07) is 6.28. The molecule has 0 spiro atoms. The molecule has 98 valence electrons. The van der Waals surface area contributed by atoms with E-state index in [0.717, 1.165) is 0 Å². The molecule has 1 aromatic carbocycles. The maximum Gasteiger partial charge on any atom is 0.336 e. The second-order valence-electron chi connectivity index (χ2n) is 3.54. The van der Waals surface area contributed by atoms with Crippen molar-refractivity contribution in [3.05, 3.63) is 34.9 Å². The topological polar surface area (TPSA) is 61.4 Å². The maximum absolute atomic E-state index is 11.7. The van der Waals surface area contributed by atoms with Gasteiger partial charge in [-0.1, -0.05) is 23.7 Å². The number of hydrogen-bond acceptors (Lipinski definition) is 2. The van der Waals surface area contributed by atoms with E-state index in [1.807, 2.05) is 13.8 Å². The van der Waals surface area contributed by atoms with Crippen LogP contribution < -0.4 is 10.9 Å². The average Bonchev–Trinajstić information content (AvgIpc) is 2.38. The predicted octanol–water partition coefficient (Wildman–Crippen LogP) is 2.04. The lowest BCUT2D eigenvalue weighted by Crippen LogP contribution is -2.48. The smallest absolute Gasteiger partial charge is 0.324 e. The standard InChI is InChI=1S/C12H16ClN3O2/c1-3-16(4-2)12(18)15-14-11(17)9-7-5-6-8-10(9)13/h5-8H,3-4H2,1-2H3,(H,14,17)(H,15,18). The van der Waals surface area contributed by atoms with Crippen molar-refractivity contribution >= 4 is 23.5 Å². The Balaban J connectivity index is 2.57. The number of halogens is 1. The molecule has 18 heavy (non-hydrogen) atoms. The quantitative estimate of drug-likeness (QED) is 0.825. The second kappa shape index (κ2) is 6.86. The van der Waals surface area contributed by atoms with Gasteiger partial charge >= 0.3 is 6.03 Å². The van der Waals surface area contributed by atoms with Crippen LogP contribution in [0.4, 0.5) is 4.79 Å². The Labute approximate surface area is 111 Å². The summed E-state index contributed by atoms with van der Waals surface area (Å²) in [4.78, 5) is 24.9. The Morgan fingerprint density at radius 1 is 1.17 bits per heavy atom. The molecule has 1 aromatic rings. The maximum atomic E-state index is 11.7. The van der Waals surface area contributed by atoms with Crippen molar-refractivity contribution in [1.29, 1.82) is 0 Å². The largest absolute Gasteiger partial charge is 0.336 e. The van der Waals surface area contributed by atoms with Crippen molar-refractivity contribution < 1.29 is 9.59 Å². The third-order valence-electron chi connectivity index (χ3n) is 2.45. The normalized spacial score (nSPS) is 9.72. The number of benzene rings is 1. The number of carbonyl (C=O) groups is 2. The Hall–Kier alpha value is -1.75. The van der Waals surface area contributed by atoms with Gasteiger partial charge in [0.05, 0.1) is 10.6 Å². The average molecular weight is 270 g/mol. The van der Waals surface area contributed by atoms with Crippen LogP contribution in [0.5, 0.6) is 0 Å². The summed E-state index contributed by atoms with van der Waals surface area (Å²) < 4.78 is 0. The van der Waals surface area contributed by atoms with Crippen LogP contribution in [-0.4, -0.2) is 29.9 Å². The molecule has 0 aromatic heterocycles. The molecular weight excluding hydrogens is 254 g/mol. The van der Waals surface area contributed by atoms with Crippen molar-refractivity contribution in [1.82, 2.24) is 15.8 Å². The van der Waals surface area contributed by atoms with E-state index < -0.39 is 5.91 Å². The molecule has 0 atom stereocenters. The molecule has 0 aliphatic rings. The summed E-state index contributed by atoms with van der Waals surface area (Å²) in [5.41, 5.74) is 4.98. The molecule has 0 fully saturated rings. The number of carbonyl (C=O) groups excluding carboxylic acids is 2. The lowest BCUT2D eigenvalue weighted by atomic mass is 10.2. The van der Waals surface area contributed by atoms with Crippen LogP contribution in [0, 0.1) is 0 Å². The van der Waals surface area contributed by atoms with E-state index in [2.05, 4.69) is 10.9 Å². The Morgan fingerprint density at radius 2 is 1.78 bits per heavy atom. The summed E-state index contributed by atoms with van der Waals surface area (Å²) in [5.74, 6) is -0.443. The molecule has 3 amide bonds. The molecule has 0 radical (unpaired) electrons. The third kappa shape index (κ3) is 3.63. The van der Waals surface area contributed by atoms with E-state index in [9.17, 15) is 9.59 Å². The van der Waals surface area contributed by atoms with Gasteiger partial charge in [0, 0.05) is 13.1 Å². The van der Waals surface area contributed by atoms with E-state index in [4.69, 9.17) is 11.6 Å². The Kier molecular flexibility index (Phi) is 5.45.